The first-order valence-electron chi connectivity index (χ1n) is 29.2. The second-order valence-electron chi connectivity index (χ2n) is 23.3. The van der Waals surface area contributed by atoms with E-state index in [0.717, 1.165) is 87.9 Å². The maximum atomic E-state index is 15.0. The molecule has 0 bridgehead atoms. The number of rotatable bonds is 17. The third kappa shape index (κ3) is 17.5. The SMILES string of the molecule is Brc1ccc(-n2ccnc2)cc1.CC1(C)OB(c2ccc(-n3ccnc3)cc2)OC1(C)C.CS(=O)(=O)C(C(=O)NCC(=O)NC1CC1)c1nc2cc(F)c(-c3ccc(-n4ccnc4)cc3)cc2s1.CS(=O)(=O)C(C(=O)NCC(=O)NC1CC1)c1nc2cc(F)c(Br)cc2s1. The molecular weight excluding hydrogens is 1420 g/mol. The van der Waals surface area contributed by atoms with Gasteiger partial charge in [-0.15, -0.1) is 22.7 Å². The maximum absolute atomic E-state index is 15.0. The van der Waals surface area contributed by atoms with Crippen LogP contribution in [0.25, 0.3) is 48.6 Å². The molecule has 31 heteroatoms. The Bertz CT molecular complexity index is 4520. The molecule has 490 valence electrons. The highest BCUT2D eigenvalue weighted by Gasteiger charge is 2.51. The van der Waals surface area contributed by atoms with Crippen molar-refractivity contribution in [2.75, 3.05) is 25.6 Å². The summed E-state index contributed by atoms with van der Waals surface area (Å²) in [5, 5.41) is 7.03. The summed E-state index contributed by atoms with van der Waals surface area (Å²) < 4.78 is 98.1. The van der Waals surface area contributed by atoms with E-state index in [1.807, 2.05) is 86.8 Å². The average molecular weight is 1490 g/mol. The molecule has 5 aromatic heterocycles. The fourth-order valence-corrected chi connectivity index (χ4v) is 15.1. The van der Waals surface area contributed by atoms with E-state index in [0.29, 0.717) is 20.5 Å². The van der Waals surface area contributed by atoms with Crippen LogP contribution in [0, 0.1) is 11.6 Å². The molecule has 94 heavy (non-hydrogen) atoms. The summed E-state index contributed by atoms with van der Waals surface area (Å²) in [5.41, 5.74) is 4.95. The summed E-state index contributed by atoms with van der Waals surface area (Å²) in [7, 11) is -8.07. The first-order chi connectivity index (χ1) is 44.6. The molecule has 2 unspecified atom stereocenters. The van der Waals surface area contributed by atoms with Gasteiger partial charge in [0.25, 0.3) is 0 Å². The zero-order valence-electron chi connectivity index (χ0n) is 51.4. The zero-order valence-corrected chi connectivity index (χ0v) is 57.8. The number of imidazole rings is 3. The van der Waals surface area contributed by atoms with Gasteiger partial charge >= 0.3 is 7.12 Å². The topological polar surface area (TPSA) is 282 Å². The van der Waals surface area contributed by atoms with Gasteiger partial charge in [-0.1, -0.05) is 40.2 Å². The first kappa shape index (κ1) is 68.9. The Morgan fingerprint density at radius 2 is 0.989 bits per heavy atom. The van der Waals surface area contributed by atoms with Crippen LogP contribution in [0.4, 0.5) is 8.78 Å². The molecule has 4 N–H and O–H groups in total. The third-order valence-corrected chi connectivity index (χ3v) is 21.5. The number of hydrogen-bond donors (Lipinski definition) is 4. The molecule has 3 aliphatic rings. The Morgan fingerprint density at radius 3 is 1.38 bits per heavy atom. The largest absolute Gasteiger partial charge is 0.494 e. The quantitative estimate of drug-likeness (QED) is 0.0618. The van der Waals surface area contributed by atoms with Crippen LogP contribution in [-0.4, -0.2) is 135 Å². The van der Waals surface area contributed by atoms with Gasteiger partial charge in [0, 0.05) is 101 Å². The number of nitrogens with zero attached hydrogens (tertiary/aromatic N) is 8. The zero-order chi connectivity index (χ0) is 67.3. The molecule has 2 atom stereocenters. The molecular formula is C63H63BBr2F2N12O10S4. The second kappa shape index (κ2) is 29.0. The molecule has 10 aromatic rings. The number of hydrogen-bond acceptors (Lipinski definition) is 17. The van der Waals surface area contributed by atoms with Crippen LogP contribution in [0.5, 0.6) is 0 Å². The summed E-state index contributed by atoms with van der Waals surface area (Å²) in [6, 6.07) is 29.2. The van der Waals surface area contributed by atoms with Crippen LogP contribution in [0.2, 0.25) is 0 Å². The van der Waals surface area contributed by atoms with E-state index in [1.54, 1.807) is 62.0 Å². The maximum Gasteiger partial charge on any atom is 0.494 e. The number of carbonyl (C=O) groups is 4. The minimum absolute atomic E-state index is 0.0135. The highest BCUT2D eigenvalue weighted by atomic mass is 79.9. The monoisotopic (exact) mass is 1480 g/mol. The Balaban J connectivity index is 0.000000146. The van der Waals surface area contributed by atoms with Crippen molar-refractivity contribution in [1.29, 1.82) is 0 Å². The highest BCUT2D eigenvalue weighted by molar-refractivity contribution is 9.10. The molecule has 0 spiro atoms. The highest BCUT2D eigenvalue weighted by Crippen LogP contribution is 2.38. The fraction of sp³-hybridized carbons (Fsp3) is 0.286. The first-order valence-corrected chi connectivity index (χ1v) is 36.4. The van der Waals surface area contributed by atoms with Gasteiger partial charge in [-0.25, -0.2) is 50.5 Å². The van der Waals surface area contributed by atoms with Crippen LogP contribution in [0.15, 0.2) is 162 Å². The molecule has 1 aliphatic heterocycles. The number of nitrogens with one attached hydrogen (secondary N) is 4. The van der Waals surface area contributed by atoms with E-state index >= 15 is 4.39 Å². The lowest BCUT2D eigenvalue weighted by Gasteiger charge is -2.32. The number of sulfone groups is 2. The number of aromatic nitrogens is 8. The second-order valence-corrected chi connectivity index (χ2v) is 31.4. The van der Waals surface area contributed by atoms with Crippen molar-refractivity contribution in [1.82, 2.24) is 59.9 Å². The molecule has 2 aliphatic carbocycles. The Hall–Kier alpha value is -7.91. The molecule has 2 saturated carbocycles. The van der Waals surface area contributed by atoms with Crippen molar-refractivity contribution in [3.63, 3.8) is 0 Å². The van der Waals surface area contributed by atoms with Crippen LogP contribution in [0.3, 0.4) is 0 Å². The van der Waals surface area contributed by atoms with Gasteiger partial charge in [-0.2, -0.15) is 0 Å². The van der Waals surface area contributed by atoms with Crippen molar-refractivity contribution in [2.24, 2.45) is 0 Å². The molecule has 0 radical (unpaired) electrons. The Morgan fingerprint density at radius 1 is 0.596 bits per heavy atom. The van der Waals surface area contributed by atoms with Crippen LogP contribution >= 0.6 is 54.5 Å². The lowest BCUT2D eigenvalue weighted by atomic mass is 9.79. The molecule has 13 rings (SSSR count). The van der Waals surface area contributed by atoms with Gasteiger partial charge in [-0.05, 0) is 141 Å². The van der Waals surface area contributed by atoms with Crippen molar-refractivity contribution in [2.45, 2.75) is 87.2 Å². The van der Waals surface area contributed by atoms with Gasteiger partial charge < -0.3 is 44.3 Å². The fourth-order valence-electron chi connectivity index (χ4n) is 9.31. The standard InChI is InChI=1S/C24H22FN5O4S2.C15H19BN2O2.C15H15BrFN3O4S2.C9H7BrN2/c1-36(33,34)22(23(32)27-12-21(31)28-15-4-5-15)24-29-19-11-18(25)17(10-20(19)35-24)14-2-6-16(7-3-14)30-9-8-26-13-30;1-14(2)15(3,4)20-16(19-14)12-5-7-13(8-6-12)18-10-9-17-11-18;1-26(23,24)13(14(22)18-6-12(21)19-7-2-3-7)15-20-10-5-9(17)8(16)4-11(10)25-15;10-8-1-3-9(4-2-8)12-6-5-11-7-12/h2-3,6-11,13,15,22H,4-5,12H2,1H3,(H,27,32)(H,28,31);5-11H,1-4H3;4-5,7,13H,2-3,6H2,1H3,(H,18,22)(H,19,21);1-7H. The predicted molar refractivity (Wildman–Crippen MR) is 363 cm³/mol. The summed E-state index contributed by atoms with van der Waals surface area (Å²) in [5.74, 6) is -3.50. The van der Waals surface area contributed by atoms with Crippen LogP contribution in [0.1, 0.15) is 73.9 Å². The Kier molecular flexibility index (Phi) is 21.3. The number of benzene rings is 5. The summed E-state index contributed by atoms with van der Waals surface area (Å²) in [6.45, 7) is 7.60. The van der Waals surface area contributed by atoms with Crippen LogP contribution in [-0.2, 0) is 48.2 Å². The number of halogens is 4. The van der Waals surface area contributed by atoms with Gasteiger partial charge in [0.05, 0.1) is 68.2 Å². The van der Waals surface area contributed by atoms with E-state index in [9.17, 15) is 40.4 Å². The predicted octanol–water partition coefficient (Wildman–Crippen LogP) is 9.25. The van der Waals surface area contributed by atoms with Crippen molar-refractivity contribution in [3.05, 3.63) is 184 Å². The van der Waals surface area contributed by atoms with Gasteiger partial charge in [0.15, 0.2) is 30.2 Å². The van der Waals surface area contributed by atoms with Crippen molar-refractivity contribution < 1.29 is 54.1 Å². The molecule has 3 fully saturated rings. The normalized spacial score (nSPS) is 15.5. The van der Waals surface area contributed by atoms with Crippen LogP contribution < -0.4 is 26.7 Å². The smallest absolute Gasteiger partial charge is 0.399 e. The van der Waals surface area contributed by atoms with Crippen molar-refractivity contribution >= 4 is 131 Å². The average Bonchev–Trinajstić information content (AvgIpc) is 1.63. The van der Waals surface area contributed by atoms with E-state index < -0.39 is 53.6 Å². The minimum Gasteiger partial charge on any atom is -0.399 e. The lowest BCUT2D eigenvalue weighted by molar-refractivity contribution is -0.126. The molecule has 22 nitrogen and oxygen atoms in total. The molecule has 1 saturated heterocycles. The summed E-state index contributed by atoms with van der Waals surface area (Å²) >= 11 is 8.44. The number of fused-ring (bicyclic) bond motifs is 2. The number of thiazole rings is 2. The van der Waals surface area contributed by atoms with Gasteiger partial charge in [0.2, 0.25) is 23.6 Å². The molecule has 5 aromatic carbocycles. The summed E-state index contributed by atoms with van der Waals surface area (Å²) in [4.78, 5) is 69.2. The lowest BCUT2D eigenvalue weighted by Crippen LogP contribution is -2.41. The van der Waals surface area contributed by atoms with Crippen molar-refractivity contribution in [3.8, 4) is 28.2 Å². The molecule has 4 amide bonds. The summed E-state index contributed by atoms with van der Waals surface area (Å²) in [6.07, 6.45) is 21.5. The minimum atomic E-state index is -3.92. The third-order valence-electron chi connectivity index (χ3n) is 15.3. The van der Waals surface area contributed by atoms with E-state index in [1.165, 1.54) is 18.2 Å². The Labute approximate surface area is 565 Å². The number of amides is 4. The van der Waals surface area contributed by atoms with Gasteiger partial charge in [0.1, 0.15) is 21.6 Å². The van der Waals surface area contributed by atoms with E-state index in [2.05, 4.69) is 106 Å². The van der Waals surface area contributed by atoms with E-state index in [4.69, 9.17) is 9.31 Å². The van der Waals surface area contributed by atoms with Gasteiger partial charge in [-0.3, -0.25) is 19.2 Å². The van der Waals surface area contributed by atoms with E-state index in [-0.39, 0.29) is 80.8 Å². The number of carbonyl (C=O) groups excluding carboxylic acids is 4. The molecule has 6 heterocycles.